The van der Waals surface area contributed by atoms with Gasteiger partial charge < -0.3 is 9.13 Å². The second kappa shape index (κ2) is 7.87. The third kappa shape index (κ3) is 3.57. The summed E-state index contributed by atoms with van der Waals surface area (Å²) in [7, 11) is 0. The Kier molecular flexibility index (Phi) is 5.10. The molecule has 0 radical (unpaired) electrons. The molecule has 30 heavy (non-hydrogen) atoms. The number of fused-ring (bicyclic) bond motifs is 1. The number of carbonyl (C=O) groups excluding carboxylic acids is 2. The first-order chi connectivity index (χ1) is 14.5. The number of hydrogen-bond acceptors (Lipinski definition) is 3. The molecule has 2 aromatic carbocycles. The van der Waals surface area contributed by atoms with Gasteiger partial charge >= 0.3 is 0 Å². The minimum atomic E-state index is -0.397. The van der Waals surface area contributed by atoms with Crippen LogP contribution in [0.4, 0.5) is 0 Å². The molecule has 2 heterocycles. The van der Waals surface area contributed by atoms with Gasteiger partial charge in [0.15, 0.2) is 0 Å². The molecule has 4 rings (SSSR count). The van der Waals surface area contributed by atoms with Crippen LogP contribution in [0.2, 0.25) is 0 Å². The van der Waals surface area contributed by atoms with E-state index in [0.29, 0.717) is 11.1 Å². The van der Waals surface area contributed by atoms with Crippen LogP contribution in [-0.2, 0) is 6.54 Å². The standard InChI is InChI=1S/C23H23N5O2/c1-4-28-16(3)24-19-13-17(9-10-20(19)28)22(29)25-26-23(30)18-8-7-15(2)21(14-18)27-11-5-6-12-27/h5-14H,4H2,1-3H3,(H,25,29)(H,26,30). The highest BCUT2D eigenvalue weighted by atomic mass is 16.2. The van der Waals surface area contributed by atoms with E-state index in [4.69, 9.17) is 0 Å². The molecule has 0 unspecified atom stereocenters. The first-order valence-corrected chi connectivity index (χ1v) is 9.79. The van der Waals surface area contributed by atoms with E-state index in [9.17, 15) is 9.59 Å². The van der Waals surface area contributed by atoms with Crippen LogP contribution in [0.15, 0.2) is 60.9 Å². The van der Waals surface area contributed by atoms with Crippen molar-refractivity contribution in [2.24, 2.45) is 0 Å². The molecule has 7 heteroatoms. The number of nitrogens with zero attached hydrogens (tertiary/aromatic N) is 3. The maximum Gasteiger partial charge on any atom is 0.269 e. The quantitative estimate of drug-likeness (QED) is 0.513. The summed E-state index contributed by atoms with van der Waals surface area (Å²) < 4.78 is 4.02. The first kappa shape index (κ1) is 19.4. The summed E-state index contributed by atoms with van der Waals surface area (Å²) in [4.78, 5) is 29.6. The number of aryl methyl sites for hydroxylation is 3. The van der Waals surface area contributed by atoms with Crippen molar-refractivity contribution >= 4 is 22.8 Å². The number of hydrazine groups is 1. The van der Waals surface area contributed by atoms with Gasteiger partial charge in [-0.05, 0) is 68.8 Å². The Balaban J connectivity index is 1.48. The molecule has 0 spiro atoms. The summed E-state index contributed by atoms with van der Waals surface area (Å²) >= 11 is 0. The summed E-state index contributed by atoms with van der Waals surface area (Å²) in [5.74, 6) is 0.117. The van der Waals surface area contributed by atoms with Crippen molar-refractivity contribution in [1.29, 1.82) is 0 Å². The predicted octanol–water partition coefficient (Wildman–Crippen LogP) is 3.54. The Hall–Kier alpha value is -3.87. The average molecular weight is 401 g/mol. The molecule has 152 valence electrons. The molecular formula is C23H23N5O2. The minimum Gasteiger partial charge on any atom is -0.329 e. The summed E-state index contributed by atoms with van der Waals surface area (Å²) in [6.07, 6.45) is 3.84. The van der Waals surface area contributed by atoms with Crippen molar-refractivity contribution in [3.63, 3.8) is 0 Å². The highest BCUT2D eigenvalue weighted by molar-refractivity contribution is 6.00. The van der Waals surface area contributed by atoms with Gasteiger partial charge in [0, 0.05) is 35.8 Å². The van der Waals surface area contributed by atoms with Gasteiger partial charge in [0.05, 0.1) is 11.0 Å². The third-order valence-electron chi connectivity index (χ3n) is 5.16. The molecule has 4 aromatic rings. The van der Waals surface area contributed by atoms with Crippen LogP contribution in [0, 0.1) is 13.8 Å². The zero-order valence-corrected chi connectivity index (χ0v) is 17.1. The van der Waals surface area contributed by atoms with E-state index < -0.39 is 5.91 Å². The molecule has 0 aliphatic rings. The second-order valence-electron chi connectivity index (χ2n) is 7.11. The van der Waals surface area contributed by atoms with Gasteiger partial charge in [0.1, 0.15) is 5.82 Å². The number of benzene rings is 2. The van der Waals surface area contributed by atoms with Gasteiger partial charge in [-0.2, -0.15) is 0 Å². The predicted molar refractivity (Wildman–Crippen MR) is 116 cm³/mol. The van der Waals surface area contributed by atoms with E-state index in [1.807, 2.05) is 55.1 Å². The Labute approximate surface area is 174 Å². The molecule has 0 atom stereocenters. The van der Waals surface area contributed by atoms with E-state index in [2.05, 4.69) is 27.3 Å². The van der Waals surface area contributed by atoms with Gasteiger partial charge in [-0.25, -0.2) is 4.98 Å². The number of aromatic nitrogens is 3. The fraction of sp³-hybridized carbons (Fsp3) is 0.174. The van der Waals surface area contributed by atoms with E-state index in [0.717, 1.165) is 34.7 Å². The van der Waals surface area contributed by atoms with Crippen LogP contribution in [0.25, 0.3) is 16.7 Å². The molecule has 0 saturated carbocycles. The fourth-order valence-corrected chi connectivity index (χ4v) is 3.57. The van der Waals surface area contributed by atoms with Gasteiger partial charge in [-0.15, -0.1) is 0 Å². The van der Waals surface area contributed by atoms with E-state index >= 15 is 0 Å². The fourth-order valence-electron chi connectivity index (χ4n) is 3.57. The largest absolute Gasteiger partial charge is 0.329 e. The van der Waals surface area contributed by atoms with Gasteiger partial charge in [0.25, 0.3) is 11.8 Å². The molecule has 0 aliphatic carbocycles. The van der Waals surface area contributed by atoms with Crippen LogP contribution >= 0.6 is 0 Å². The molecule has 2 aromatic heterocycles. The van der Waals surface area contributed by atoms with E-state index in [1.54, 1.807) is 24.3 Å². The van der Waals surface area contributed by atoms with Crippen LogP contribution in [0.1, 0.15) is 39.0 Å². The zero-order chi connectivity index (χ0) is 21.3. The maximum atomic E-state index is 12.6. The minimum absolute atomic E-state index is 0.385. The van der Waals surface area contributed by atoms with Crippen LogP contribution in [0.3, 0.4) is 0 Å². The molecular weight excluding hydrogens is 378 g/mol. The summed E-state index contributed by atoms with van der Waals surface area (Å²) in [6.45, 7) is 6.78. The second-order valence-corrected chi connectivity index (χ2v) is 7.11. The van der Waals surface area contributed by atoms with Crippen LogP contribution < -0.4 is 10.9 Å². The van der Waals surface area contributed by atoms with Crippen molar-refractivity contribution in [1.82, 2.24) is 25.0 Å². The average Bonchev–Trinajstić information content (AvgIpc) is 3.38. The topological polar surface area (TPSA) is 81.0 Å². The Morgan fingerprint density at radius 3 is 2.23 bits per heavy atom. The van der Waals surface area contributed by atoms with Crippen molar-refractivity contribution in [2.45, 2.75) is 27.3 Å². The molecule has 2 amide bonds. The SMILES string of the molecule is CCn1c(C)nc2cc(C(=O)NNC(=O)c3ccc(C)c(-n4cccc4)c3)ccc21. The van der Waals surface area contributed by atoms with E-state index in [1.165, 1.54) is 0 Å². The molecule has 2 N–H and O–H groups in total. The highest BCUT2D eigenvalue weighted by Crippen LogP contribution is 2.18. The molecule has 0 aliphatic heterocycles. The van der Waals surface area contributed by atoms with Crippen molar-refractivity contribution in [2.75, 3.05) is 0 Å². The molecule has 0 bridgehead atoms. The lowest BCUT2D eigenvalue weighted by molar-refractivity contribution is 0.0847. The van der Waals surface area contributed by atoms with Gasteiger partial charge in [-0.1, -0.05) is 6.07 Å². The molecule has 7 nitrogen and oxygen atoms in total. The number of nitrogens with one attached hydrogen (secondary N) is 2. The lowest BCUT2D eigenvalue weighted by atomic mass is 10.1. The third-order valence-corrected chi connectivity index (χ3v) is 5.16. The van der Waals surface area contributed by atoms with Crippen LogP contribution in [-0.4, -0.2) is 25.9 Å². The Bertz CT molecular complexity index is 1240. The first-order valence-electron chi connectivity index (χ1n) is 9.79. The lowest BCUT2D eigenvalue weighted by Crippen LogP contribution is -2.41. The van der Waals surface area contributed by atoms with Crippen molar-refractivity contribution < 1.29 is 9.59 Å². The van der Waals surface area contributed by atoms with Crippen molar-refractivity contribution in [3.8, 4) is 5.69 Å². The number of hydrogen-bond donors (Lipinski definition) is 2. The smallest absolute Gasteiger partial charge is 0.269 e. The normalized spacial score (nSPS) is 10.9. The van der Waals surface area contributed by atoms with Gasteiger partial charge in [0.2, 0.25) is 0 Å². The Morgan fingerprint density at radius 2 is 1.57 bits per heavy atom. The summed E-state index contributed by atoms with van der Waals surface area (Å²) in [5.41, 5.74) is 9.55. The highest BCUT2D eigenvalue weighted by Gasteiger charge is 2.13. The number of rotatable bonds is 4. The van der Waals surface area contributed by atoms with E-state index in [-0.39, 0.29) is 5.91 Å². The van der Waals surface area contributed by atoms with Gasteiger partial charge in [-0.3, -0.25) is 20.4 Å². The van der Waals surface area contributed by atoms with Crippen molar-refractivity contribution in [3.05, 3.63) is 83.4 Å². The van der Waals surface area contributed by atoms with Crippen LogP contribution in [0.5, 0.6) is 0 Å². The summed E-state index contributed by atoms with van der Waals surface area (Å²) in [5, 5.41) is 0. The lowest BCUT2D eigenvalue weighted by Gasteiger charge is -2.11. The maximum absolute atomic E-state index is 12.6. The molecule has 0 saturated heterocycles. The number of imidazole rings is 1. The zero-order valence-electron chi connectivity index (χ0n) is 17.1. The number of carbonyl (C=O) groups is 2. The monoisotopic (exact) mass is 401 g/mol. The molecule has 0 fully saturated rings. The Morgan fingerprint density at radius 1 is 0.933 bits per heavy atom. The number of amides is 2. The summed E-state index contributed by atoms with van der Waals surface area (Å²) in [6, 6.07) is 14.6.